The Labute approximate surface area is 100 Å². The normalized spacial score (nSPS) is 12.5. The fourth-order valence-electron chi connectivity index (χ4n) is 1.13. The van der Waals surface area contributed by atoms with E-state index in [-0.39, 0.29) is 0 Å². The fraction of sp³-hybridized carbons (Fsp3) is 0.600. The highest BCUT2D eigenvalue weighted by atomic mass is 35.5. The van der Waals surface area contributed by atoms with Gasteiger partial charge in [-0.2, -0.15) is 11.8 Å². The summed E-state index contributed by atoms with van der Waals surface area (Å²) in [6, 6.07) is 0.386. The lowest BCUT2D eigenvalue weighted by molar-refractivity contribution is 0.765. The molecule has 1 heterocycles. The van der Waals surface area contributed by atoms with Gasteiger partial charge < -0.3 is 5.32 Å². The van der Waals surface area contributed by atoms with Crippen molar-refractivity contribution in [3.63, 3.8) is 0 Å². The highest BCUT2D eigenvalue weighted by Gasteiger charge is 2.05. The van der Waals surface area contributed by atoms with Crippen molar-refractivity contribution >= 4 is 29.2 Å². The first-order chi connectivity index (χ1) is 7.24. The highest BCUT2D eigenvalue weighted by Crippen LogP contribution is 2.18. The number of nitrogens with one attached hydrogen (secondary N) is 1. The second-order valence-corrected chi connectivity index (χ2v) is 5.05. The van der Waals surface area contributed by atoms with E-state index in [0.717, 1.165) is 18.0 Å². The molecule has 1 aromatic rings. The van der Waals surface area contributed by atoms with Crippen LogP contribution in [0.25, 0.3) is 0 Å². The summed E-state index contributed by atoms with van der Waals surface area (Å²) in [6.07, 6.45) is 4.21. The van der Waals surface area contributed by atoms with Crippen LogP contribution in [0.2, 0.25) is 5.02 Å². The van der Waals surface area contributed by atoms with Crippen molar-refractivity contribution in [1.29, 1.82) is 0 Å². The van der Waals surface area contributed by atoms with E-state index in [1.807, 2.05) is 11.8 Å². The topological polar surface area (TPSA) is 37.8 Å². The first-order valence-corrected chi connectivity index (χ1v) is 6.57. The molecule has 1 aromatic heterocycles. The van der Waals surface area contributed by atoms with E-state index in [2.05, 4.69) is 29.1 Å². The third kappa shape index (κ3) is 4.71. The molecular weight excluding hydrogens is 230 g/mol. The molecule has 0 saturated heterocycles. The SMILES string of the molecule is CCSCCC(C)Nc1ncncc1Cl. The summed E-state index contributed by atoms with van der Waals surface area (Å²) in [5.41, 5.74) is 0. The second kappa shape index (κ2) is 6.90. The molecule has 0 radical (unpaired) electrons. The fourth-order valence-corrected chi connectivity index (χ4v) is 2.10. The summed E-state index contributed by atoms with van der Waals surface area (Å²) >= 11 is 7.88. The van der Waals surface area contributed by atoms with Crippen LogP contribution in [-0.2, 0) is 0 Å². The lowest BCUT2D eigenvalue weighted by atomic mass is 10.2. The first-order valence-electron chi connectivity index (χ1n) is 5.03. The minimum atomic E-state index is 0.386. The molecule has 0 aliphatic carbocycles. The zero-order valence-corrected chi connectivity index (χ0v) is 10.6. The molecule has 1 unspecified atom stereocenters. The Morgan fingerprint density at radius 3 is 3.07 bits per heavy atom. The van der Waals surface area contributed by atoms with E-state index in [1.165, 1.54) is 12.1 Å². The van der Waals surface area contributed by atoms with Crippen LogP contribution in [-0.4, -0.2) is 27.5 Å². The quantitative estimate of drug-likeness (QED) is 0.782. The van der Waals surface area contributed by atoms with Gasteiger partial charge in [-0.15, -0.1) is 0 Å². The number of nitrogens with zero attached hydrogens (tertiary/aromatic N) is 2. The minimum absolute atomic E-state index is 0.386. The zero-order chi connectivity index (χ0) is 11.1. The molecule has 3 nitrogen and oxygen atoms in total. The maximum atomic E-state index is 5.94. The van der Waals surface area contributed by atoms with Gasteiger partial charge in [0.15, 0.2) is 0 Å². The maximum Gasteiger partial charge on any atom is 0.148 e. The Morgan fingerprint density at radius 2 is 2.40 bits per heavy atom. The van der Waals surface area contributed by atoms with Crippen molar-refractivity contribution in [3.05, 3.63) is 17.5 Å². The van der Waals surface area contributed by atoms with Crippen LogP contribution in [0, 0.1) is 0 Å². The van der Waals surface area contributed by atoms with E-state index < -0.39 is 0 Å². The van der Waals surface area contributed by atoms with Crippen molar-refractivity contribution in [2.24, 2.45) is 0 Å². The van der Waals surface area contributed by atoms with Crippen molar-refractivity contribution < 1.29 is 0 Å². The molecule has 0 aromatic carbocycles. The van der Waals surface area contributed by atoms with Gasteiger partial charge in [-0.3, -0.25) is 0 Å². The zero-order valence-electron chi connectivity index (χ0n) is 9.03. The van der Waals surface area contributed by atoms with Crippen LogP contribution in [0.1, 0.15) is 20.3 Å². The van der Waals surface area contributed by atoms with E-state index in [4.69, 9.17) is 11.6 Å². The van der Waals surface area contributed by atoms with Crippen LogP contribution in [0.3, 0.4) is 0 Å². The van der Waals surface area contributed by atoms with Gasteiger partial charge >= 0.3 is 0 Å². The molecule has 5 heteroatoms. The molecule has 1 N–H and O–H groups in total. The van der Waals surface area contributed by atoms with E-state index in [1.54, 1.807) is 6.20 Å². The molecule has 0 spiro atoms. The second-order valence-electron chi connectivity index (χ2n) is 3.25. The molecule has 0 aliphatic rings. The Kier molecular flexibility index (Phi) is 5.79. The number of hydrogen-bond acceptors (Lipinski definition) is 4. The van der Waals surface area contributed by atoms with Gasteiger partial charge in [0.2, 0.25) is 0 Å². The van der Waals surface area contributed by atoms with Crippen molar-refractivity contribution in [2.45, 2.75) is 26.3 Å². The van der Waals surface area contributed by atoms with Crippen molar-refractivity contribution in [2.75, 3.05) is 16.8 Å². The summed E-state index contributed by atoms with van der Waals surface area (Å²) in [6.45, 7) is 4.30. The van der Waals surface area contributed by atoms with Crippen LogP contribution in [0.5, 0.6) is 0 Å². The molecular formula is C10H16ClN3S. The van der Waals surface area contributed by atoms with Crippen LogP contribution < -0.4 is 5.32 Å². The van der Waals surface area contributed by atoms with Gasteiger partial charge in [0.1, 0.15) is 17.2 Å². The van der Waals surface area contributed by atoms with Gasteiger partial charge in [-0.25, -0.2) is 9.97 Å². The third-order valence-electron chi connectivity index (χ3n) is 1.95. The number of rotatable bonds is 6. The van der Waals surface area contributed by atoms with E-state index >= 15 is 0 Å². The van der Waals surface area contributed by atoms with Crippen molar-refractivity contribution in [1.82, 2.24) is 9.97 Å². The van der Waals surface area contributed by atoms with Gasteiger partial charge in [0.25, 0.3) is 0 Å². The minimum Gasteiger partial charge on any atom is -0.366 e. The standard InChI is InChI=1S/C10H16ClN3S/c1-3-15-5-4-8(2)14-10-9(11)6-12-7-13-10/h6-8H,3-5H2,1-2H3,(H,12,13,14). The Morgan fingerprint density at radius 1 is 1.60 bits per heavy atom. The van der Waals surface area contributed by atoms with Crippen LogP contribution in [0.15, 0.2) is 12.5 Å². The smallest absolute Gasteiger partial charge is 0.148 e. The van der Waals surface area contributed by atoms with E-state index in [0.29, 0.717) is 11.1 Å². The molecule has 0 amide bonds. The maximum absolute atomic E-state index is 5.94. The number of hydrogen-bond donors (Lipinski definition) is 1. The lowest BCUT2D eigenvalue weighted by Crippen LogP contribution is -2.17. The number of aromatic nitrogens is 2. The monoisotopic (exact) mass is 245 g/mol. The number of anilines is 1. The van der Waals surface area contributed by atoms with Gasteiger partial charge in [-0.1, -0.05) is 18.5 Å². The van der Waals surface area contributed by atoms with E-state index in [9.17, 15) is 0 Å². The predicted molar refractivity (Wildman–Crippen MR) is 67.7 cm³/mol. The summed E-state index contributed by atoms with van der Waals surface area (Å²) in [5.74, 6) is 3.05. The molecule has 0 fully saturated rings. The van der Waals surface area contributed by atoms with Crippen LogP contribution in [0.4, 0.5) is 5.82 Å². The molecule has 0 aliphatic heterocycles. The van der Waals surface area contributed by atoms with Gasteiger partial charge in [-0.05, 0) is 24.9 Å². The highest BCUT2D eigenvalue weighted by molar-refractivity contribution is 7.99. The summed E-state index contributed by atoms with van der Waals surface area (Å²) in [4.78, 5) is 7.93. The Balaban J connectivity index is 2.37. The Bertz CT molecular complexity index is 296. The number of halogens is 1. The van der Waals surface area contributed by atoms with Gasteiger partial charge in [0, 0.05) is 6.04 Å². The lowest BCUT2D eigenvalue weighted by Gasteiger charge is -2.14. The average Bonchev–Trinajstić information content (AvgIpc) is 2.22. The summed E-state index contributed by atoms with van der Waals surface area (Å²) in [7, 11) is 0. The molecule has 15 heavy (non-hydrogen) atoms. The molecule has 0 bridgehead atoms. The molecule has 84 valence electrons. The third-order valence-corrected chi connectivity index (χ3v) is 3.16. The largest absolute Gasteiger partial charge is 0.366 e. The number of thioether (sulfide) groups is 1. The molecule has 0 saturated carbocycles. The summed E-state index contributed by atoms with van der Waals surface area (Å²) < 4.78 is 0. The summed E-state index contributed by atoms with van der Waals surface area (Å²) in [5, 5.41) is 3.85. The van der Waals surface area contributed by atoms with Crippen molar-refractivity contribution in [3.8, 4) is 0 Å². The average molecular weight is 246 g/mol. The molecule has 1 atom stereocenters. The van der Waals surface area contributed by atoms with Crippen LogP contribution >= 0.6 is 23.4 Å². The van der Waals surface area contributed by atoms with Gasteiger partial charge in [0.05, 0.1) is 6.20 Å². The molecule has 1 rings (SSSR count). The first kappa shape index (κ1) is 12.6. The Hall–Kier alpha value is -0.480. The predicted octanol–water partition coefficient (Wildman–Crippen LogP) is 3.07.